The van der Waals surface area contributed by atoms with Crippen molar-refractivity contribution in [3.05, 3.63) is 66.6 Å². The Labute approximate surface area is 141 Å². The molecule has 0 aliphatic heterocycles. The van der Waals surface area contributed by atoms with Crippen LogP contribution in [0.4, 0.5) is 11.6 Å². The molecule has 1 heterocycles. The molecule has 0 aliphatic rings. The van der Waals surface area contributed by atoms with E-state index in [0.717, 1.165) is 36.3 Å². The topological polar surface area (TPSA) is 73.8 Å². The number of nitrogens with zero attached hydrogens (tertiary/aromatic N) is 2. The van der Waals surface area contributed by atoms with Gasteiger partial charge in [-0.25, -0.2) is 0 Å². The van der Waals surface area contributed by atoms with Crippen LogP contribution in [0.5, 0.6) is 0 Å². The quantitative estimate of drug-likeness (QED) is 0.622. The Balaban J connectivity index is 1.72. The molecule has 0 atom stereocenters. The van der Waals surface area contributed by atoms with E-state index < -0.39 is 0 Å². The fourth-order valence-electron chi connectivity index (χ4n) is 2.50. The Morgan fingerprint density at radius 2 is 1.88 bits per heavy atom. The Morgan fingerprint density at radius 3 is 2.62 bits per heavy atom. The van der Waals surface area contributed by atoms with Crippen LogP contribution >= 0.6 is 0 Å². The monoisotopic (exact) mass is 321 g/mol. The number of aromatic nitrogens is 3. The lowest BCUT2D eigenvalue weighted by molar-refractivity contribution is 0.288. The third-order valence-electron chi connectivity index (χ3n) is 3.82. The van der Waals surface area contributed by atoms with E-state index in [1.807, 2.05) is 36.4 Å². The lowest BCUT2D eigenvalue weighted by Crippen LogP contribution is -1.93. The maximum absolute atomic E-state index is 8.95. The van der Waals surface area contributed by atoms with Crippen LogP contribution < -0.4 is 5.32 Å². The summed E-state index contributed by atoms with van der Waals surface area (Å²) in [5.74, 6) is 1.32. The zero-order chi connectivity index (χ0) is 16.8. The standard InChI is InChI=1S/C19H21N4O/c1-2-14-8-10-17(11-9-14)20-19-21-18(22-23-19)16-7-3-5-15(13-16)6-4-12-24/h3,5,7-11,13,24H,1-2,4,6,12H2,(H2,20,21,22,23). The molecular formula is C19H21N4O. The summed E-state index contributed by atoms with van der Waals surface area (Å²) in [5.41, 5.74) is 4.31. The summed E-state index contributed by atoms with van der Waals surface area (Å²) in [4.78, 5) is 3.19. The first-order chi connectivity index (χ1) is 11.8. The van der Waals surface area contributed by atoms with Gasteiger partial charge < -0.3 is 15.4 Å². The lowest BCUT2D eigenvalue weighted by atomic mass is 10.1. The largest absolute Gasteiger partial charge is 0.396 e. The zero-order valence-corrected chi connectivity index (χ0v) is 13.5. The van der Waals surface area contributed by atoms with Crippen molar-refractivity contribution in [3.8, 4) is 11.4 Å². The smallest absolute Gasteiger partial charge is 0.226 e. The summed E-state index contributed by atoms with van der Waals surface area (Å²) in [5, 5.41) is 20.5. The Morgan fingerprint density at radius 1 is 1.04 bits per heavy atom. The highest BCUT2D eigenvalue weighted by Crippen LogP contribution is 2.20. The third kappa shape index (κ3) is 4.00. The minimum atomic E-state index is 0.202. The summed E-state index contributed by atoms with van der Waals surface area (Å²) < 4.78 is 0. The minimum Gasteiger partial charge on any atom is -0.396 e. The zero-order valence-electron chi connectivity index (χ0n) is 13.5. The first kappa shape index (κ1) is 16.2. The van der Waals surface area contributed by atoms with E-state index >= 15 is 0 Å². The highest BCUT2D eigenvalue weighted by molar-refractivity contribution is 5.60. The van der Waals surface area contributed by atoms with E-state index in [1.165, 1.54) is 11.1 Å². The van der Waals surface area contributed by atoms with Crippen LogP contribution in [0, 0.1) is 6.92 Å². The molecule has 0 amide bonds. The maximum Gasteiger partial charge on any atom is 0.226 e. The molecule has 5 nitrogen and oxygen atoms in total. The van der Waals surface area contributed by atoms with Crippen LogP contribution in [-0.4, -0.2) is 26.9 Å². The molecule has 1 aromatic heterocycles. The average Bonchev–Trinajstić information content (AvgIpc) is 3.09. The summed E-state index contributed by atoms with van der Waals surface area (Å²) in [6.45, 7) is 4.07. The molecule has 0 saturated carbocycles. The molecule has 24 heavy (non-hydrogen) atoms. The molecule has 3 N–H and O–H groups in total. The van der Waals surface area contributed by atoms with Crippen molar-refractivity contribution < 1.29 is 5.11 Å². The van der Waals surface area contributed by atoms with Crippen LogP contribution in [-0.2, 0) is 12.8 Å². The number of benzene rings is 2. The van der Waals surface area contributed by atoms with Crippen molar-refractivity contribution in [2.45, 2.75) is 19.3 Å². The predicted octanol–water partition coefficient (Wildman–Crippen LogP) is 3.52. The molecule has 0 aliphatic carbocycles. The second kappa shape index (κ2) is 7.75. The Bertz CT molecular complexity index is 780. The second-order valence-electron chi connectivity index (χ2n) is 5.62. The molecule has 5 heteroatoms. The van der Waals surface area contributed by atoms with Gasteiger partial charge in [-0.1, -0.05) is 30.3 Å². The molecule has 2 aromatic carbocycles. The first-order valence-corrected chi connectivity index (χ1v) is 8.06. The van der Waals surface area contributed by atoms with Gasteiger partial charge in [-0.15, -0.1) is 10.2 Å². The SMILES string of the molecule is [CH2]Cc1ccc(Nc2nnc(-c3cccc(CCCO)c3)[nH]2)cc1. The van der Waals surface area contributed by atoms with Gasteiger partial charge in [-0.05, 0) is 55.5 Å². The number of hydrogen-bond donors (Lipinski definition) is 3. The number of nitrogens with one attached hydrogen (secondary N) is 2. The molecule has 1 radical (unpaired) electrons. The molecule has 3 aromatic rings. The van der Waals surface area contributed by atoms with Crippen molar-refractivity contribution in [2.75, 3.05) is 11.9 Å². The third-order valence-corrected chi connectivity index (χ3v) is 3.82. The number of aliphatic hydroxyl groups is 1. The van der Waals surface area contributed by atoms with Gasteiger partial charge in [0.05, 0.1) is 0 Å². The molecular weight excluding hydrogens is 300 g/mol. The van der Waals surface area contributed by atoms with E-state index in [2.05, 4.69) is 39.6 Å². The van der Waals surface area contributed by atoms with Gasteiger partial charge in [0.1, 0.15) is 0 Å². The lowest BCUT2D eigenvalue weighted by Gasteiger charge is -2.04. The molecule has 0 bridgehead atoms. The molecule has 0 fully saturated rings. The first-order valence-electron chi connectivity index (χ1n) is 8.06. The fraction of sp³-hybridized carbons (Fsp3) is 0.211. The minimum absolute atomic E-state index is 0.202. The van der Waals surface area contributed by atoms with Gasteiger partial charge in [0, 0.05) is 17.9 Å². The summed E-state index contributed by atoms with van der Waals surface area (Å²) in [6.07, 6.45) is 2.39. The van der Waals surface area contributed by atoms with E-state index in [4.69, 9.17) is 5.11 Å². The van der Waals surface area contributed by atoms with E-state index in [0.29, 0.717) is 5.95 Å². The summed E-state index contributed by atoms with van der Waals surface area (Å²) in [6, 6.07) is 16.2. The van der Waals surface area contributed by atoms with Gasteiger partial charge in [0.25, 0.3) is 0 Å². The van der Waals surface area contributed by atoms with Gasteiger partial charge in [0.2, 0.25) is 5.95 Å². The van der Waals surface area contributed by atoms with Crippen LogP contribution in [0.25, 0.3) is 11.4 Å². The normalized spacial score (nSPS) is 10.8. The van der Waals surface area contributed by atoms with Crippen molar-refractivity contribution in [1.82, 2.24) is 15.2 Å². The maximum atomic E-state index is 8.95. The van der Waals surface area contributed by atoms with Crippen LogP contribution in [0.15, 0.2) is 48.5 Å². The Hall–Kier alpha value is -2.66. The molecule has 123 valence electrons. The number of aromatic amines is 1. The average molecular weight is 321 g/mol. The van der Waals surface area contributed by atoms with Crippen LogP contribution in [0.3, 0.4) is 0 Å². The summed E-state index contributed by atoms with van der Waals surface area (Å²) >= 11 is 0. The number of aryl methyl sites for hydroxylation is 1. The number of aliphatic hydroxyl groups excluding tert-OH is 1. The molecule has 0 spiro atoms. The van der Waals surface area contributed by atoms with Gasteiger partial charge >= 0.3 is 0 Å². The number of H-pyrrole nitrogens is 1. The van der Waals surface area contributed by atoms with Crippen LogP contribution in [0.1, 0.15) is 17.5 Å². The van der Waals surface area contributed by atoms with E-state index in [-0.39, 0.29) is 6.61 Å². The highest BCUT2D eigenvalue weighted by atomic mass is 16.2. The molecule has 3 rings (SSSR count). The van der Waals surface area contributed by atoms with Crippen molar-refractivity contribution in [1.29, 1.82) is 0 Å². The van der Waals surface area contributed by atoms with Crippen molar-refractivity contribution in [2.24, 2.45) is 0 Å². The molecule has 0 saturated heterocycles. The summed E-state index contributed by atoms with van der Waals surface area (Å²) in [7, 11) is 0. The van der Waals surface area contributed by atoms with E-state index in [1.54, 1.807) is 0 Å². The van der Waals surface area contributed by atoms with Gasteiger partial charge in [-0.2, -0.15) is 0 Å². The van der Waals surface area contributed by atoms with Crippen molar-refractivity contribution >= 4 is 11.6 Å². The van der Waals surface area contributed by atoms with Gasteiger partial charge in [-0.3, -0.25) is 0 Å². The number of hydrogen-bond acceptors (Lipinski definition) is 4. The second-order valence-corrected chi connectivity index (χ2v) is 5.62. The fourth-order valence-corrected chi connectivity index (χ4v) is 2.50. The van der Waals surface area contributed by atoms with Gasteiger partial charge in [0.15, 0.2) is 5.82 Å². The van der Waals surface area contributed by atoms with Crippen LogP contribution in [0.2, 0.25) is 0 Å². The number of anilines is 2. The van der Waals surface area contributed by atoms with Crippen molar-refractivity contribution in [3.63, 3.8) is 0 Å². The highest BCUT2D eigenvalue weighted by Gasteiger charge is 2.06. The number of rotatable bonds is 7. The predicted molar refractivity (Wildman–Crippen MR) is 96.0 cm³/mol. The molecule has 0 unspecified atom stereocenters. The van der Waals surface area contributed by atoms with E-state index in [9.17, 15) is 0 Å². The Kier molecular flexibility index (Phi) is 5.23.